The Hall–Kier alpha value is -2.24. The van der Waals surface area contributed by atoms with Crippen LogP contribution in [0.25, 0.3) is 0 Å². The Morgan fingerprint density at radius 2 is 1.90 bits per heavy atom. The van der Waals surface area contributed by atoms with Crippen LogP contribution in [0.2, 0.25) is 0 Å². The molecule has 29 heavy (non-hydrogen) atoms. The number of nitrogens with zero attached hydrogens (tertiary/aromatic N) is 2. The molecule has 1 spiro atoms. The van der Waals surface area contributed by atoms with Crippen LogP contribution in [-0.4, -0.2) is 44.0 Å². The highest BCUT2D eigenvalue weighted by Gasteiger charge is 2.36. The van der Waals surface area contributed by atoms with Crippen LogP contribution >= 0.6 is 0 Å². The van der Waals surface area contributed by atoms with Gasteiger partial charge in [-0.15, -0.1) is 0 Å². The predicted octanol–water partition coefficient (Wildman–Crippen LogP) is 4.17. The van der Waals surface area contributed by atoms with Crippen LogP contribution in [-0.2, 0) is 11.3 Å². The van der Waals surface area contributed by atoms with Gasteiger partial charge in [0, 0.05) is 33.6 Å². The van der Waals surface area contributed by atoms with Crippen molar-refractivity contribution < 1.29 is 9.53 Å². The number of benzene rings is 1. The summed E-state index contributed by atoms with van der Waals surface area (Å²) in [5.74, 6) is 1.54. The van der Waals surface area contributed by atoms with E-state index in [1.807, 2.05) is 25.2 Å². The smallest absolute Gasteiger partial charge is 0.221 e. The molecule has 6 nitrogen and oxygen atoms in total. The highest BCUT2D eigenvalue weighted by atomic mass is 16.5. The fourth-order valence-electron chi connectivity index (χ4n) is 4.94. The molecule has 0 atom stereocenters. The second-order valence-corrected chi connectivity index (χ2v) is 8.56. The van der Waals surface area contributed by atoms with Crippen molar-refractivity contribution in [2.24, 2.45) is 10.4 Å². The summed E-state index contributed by atoms with van der Waals surface area (Å²) in [4.78, 5) is 18.5. The van der Waals surface area contributed by atoms with E-state index in [4.69, 9.17) is 4.74 Å². The number of piperidine rings is 1. The number of likely N-dealkylation sites (tertiary alicyclic amines) is 1. The summed E-state index contributed by atoms with van der Waals surface area (Å²) in [5, 5.41) is 6.38. The van der Waals surface area contributed by atoms with Crippen molar-refractivity contribution in [1.82, 2.24) is 10.2 Å². The molecule has 0 radical (unpaired) electrons. The monoisotopic (exact) mass is 400 g/mol. The first-order valence-corrected chi connectivity index (χ1v) is 11.0. The number of guanidine groups is 1. The highest BCUT2D eigenvalue weighted by molar-refractivity contribution is 5.90. The van der Waals surface area contributed by atoms with Gasteiger partial charge < -0.3 is 20.3 Å². The molecule has 1 aliphatic heterocycles. The fraction of sp³-hybridized carbons (Fsp3) is 0.652. The summed E-state index contributed by atoms with van der Waals surface area (Å²) in [6, 6.07) is 5.88. The second kappa shape index (κ2) is 9.99. The lowest BCUT2D eigenvalue weighted by Crippen LogP contribution is -2.50. The molecule has 0 unspecified atom stereocenters. The van der Waals surface area contributed by atoms with Crippen molar-refractivity contribution in [1.29, 1.82) is 0 Å². The molecule has 2 fully saturated rings. The number of carbonyl (C=O) groups excluding carboxylic acids is 1. The first kappa shape index (κ1) is 21.5. The van der Waals surface area contributed by atoms with Gasteiger partial charge in [0.1, 0.15) is 5.75 Å². The normalized spacial score (nSPS) is 19.6. The number of amides is 1. The van der Waals surface area contributed by atoms with Gasteiger partial charge in [0.15, 0.2) is 5.96 Å². The topological polar surface area (TPSA) is 66.0 Å². The van der Waals surface area contributed by atoms with Crippen LogP contribution in [0.3, 0.4) is 0 Å². The highest BCUT2D eigenvalue weighted by Crippen LogP contribution is 2.42. The Balaban J connectivity index is 1.65. The zero-order valence-corrected chi connectivity index (χ0v) is 18.2. The molecule has 1 heterocycles. The Labute approximate surface area is 175 Å². The van der Waals surface area contributed by atoms with E-state index in [0.29, 0.717) is 23.4 Å². The number of carbonyl (C=O) groups is 1. The molecule has 1 aromatic rings. The molecule has 1 amide bonds. The Morgan fingerprint density at radius 3 is 2.55 bits per heavy atom. The van der Waals surface area contributed by atoms with Gasteiger partial charge >= 0.3 is 0 Å². The van der Waals surface area contributed by atoms with Gasteiger partial charge in [-0.2, -0.15) is 0 Å². The third kappa shape index (κ3) is 5.64. The molecule has 2 N–H and O–H groups in total. The van der Waals surface area contributed by atoms with Crippen LogP contribution in [0.1, 0.15) is 63.9 Å². The lowest BCUT2D eigenvalue weighted by Gasteiger charge is -2.44. The van der Waals surface area contributed by atoms with Gasteiger partial charge in [-0.05, 0) is 48.8 Å². The van der Waals surface area contributed by atoms with Crippen LogP contribution in [0.15, 0.2) is 23.2 Å². The van der Waals surface area contributed by atoms with E-state index in [1.54, 1.807) is 7.11 Å². The number of hydrogen-bond donors (Lipinski definition) is 2. The minimum atomic E-state index is -0.105. The van der Waals surface area contributed by atoms with Crippen molar-refractivity contribution in [2.75, 3.05) is 32.6 Å². The molecular formula is C23H36N4O2. The van der Waals surface area contributed by atoms with Crippen molar-refractivity contribution in [3.05, 3.63) is 23.8 Å². The SMILES string of the molecule is CN=C(NCc1ccc(OC)c(NC(C)=O)c1)N1CCCC2(CCCCCC2)C1. The molecule has 1 saturated heterocycles. The number of methoxy groups -OCH3 is 1. The van der Waals surface area contributed by atoms with Crippen molar-refractivity contribution >= 4 is 17.6 Å². The van der Waals surface area contributed by atoms with E-state index in [0.717, 1.165) is 24.6 Å². The predicted molar refractivity (Wildman–Crippen MR) is 118 cm³/mol. The molecule has 1 saturated carbocycles. The van der Waals surface area contributed by atoms with Crippen LogP contribution in [0.4, 0.5) is 5.69 Å². The minimum absolute atomic E-state index is 0.105. The summed E-state index contributed by atoms with van der Waals surface area (Å²) in [6.07, 6.45) is 10.9. The van der Waals surface area contributed by atoms with E-state index in [-0.39, 0.29) is 5.91 Å². The quantitative estimate of drug-likeness (QED) is 0.588. The number of nitrogens with one attached hydrogen (secondary N) is 2. The van der Waals surface area contributed by atoms with Crippen molar-refractivity contribution in [2.45, 2.75) is 64.8 Å². The number of anilines is 1. The summed E-state index contributed by atoms with van der Waals surface area (Å²) in [5.41, 5.74) is 2.26. The number of hydrogen-bond acceptors (Lipinski definition) is 3. The Kier molecular flexibility index (Phi) is 7.40. The molecule has 6 heteroatoms. The van der Waals surface area contributed by atoms with Gasteiger partial charge in [-0.1, -0.05) is 31.7 Å². The second-order valence-electron chi connectivity index (χ2n) is 8.56. The van der Waals surface area contributed by atoms with E-state index < -0.39 is 0 Å². The number of aliphatic imine (C=N–C) groups is 1. The number of ether oxygens (including phenoxy) is 1. The number of rotatable bonds is 4. The molecule has 3 rings (SSSR count). The molecule has 2 aliphatic rings. The molecule has 1 aromatic carbocycles. The first-order chi connectivity index (χ1) is 14.0. The van der Waals surface area contributed by atoms with Gasteiger partial charge in [0.05, 0.1) is 12.8 Å². The van der Waals surface area contributed by atoms with Gasteiger partial charge in [-0.3, -0.25) is 9.79 Å². The summed E-state index contributed by atoms with van der Waals surface area (Å²) >= 11 is 0. The zero-order chi connectivity index (χ0) is 20.7. The third-order valence-corrected chi connectivity index (χ3v) is 6.36. The summed E-state index contributed by atoms with van der Waals surface area (Å²) in [7, 11) is 3.48. The van der Waals surface area contributed by atoms with Gasteiger partial charge in [-0.25, -0.2) is 0 Å². The maximum atomic E-state index is 11.5. The maximum Gasteiger partial charge on any atom is 0.221 e. The molecular weight excluding hydrogens is 364 g/mol. The van der Waals surface area contributed by atoms with Crippen LogP contribution in [0, 0.1) is 5.41 Å². The Bertz CT molecular complexity index is 724. The standard InChI is InChI=1S/C23H36N4O2/c1-18(28)26-20-15-19(9-10-21(20)29-3)16-25-22(24-2)27-14-8-13-23(17-27)11-6-4-5-7-12-23/h9-10,15H,4-8,11-14,16-17H2,1-3H3,(H,24,25)(H,26,28). The van der Waals surface area contributed by atoms with E-state index in [1.165, 1.54) is 58.3 Å². The van der Waals surface area contributed by atoms with E-state index >= 15 is 0 Å². The average molecular weight is 401 g/mol. The fourth-order valence-corrected chi connectivity index (χ4v) is 4.94. The van der Waals surface area contributed by atoms with Crippen LogP contribution < -0.4 is 15.4 Å². The lowest BCUT2D eigenvalue weighted by atomic mass is 9.74. The third-order valence-electron chi connectivity index (χ3n) is 6.36. The zero-order valence-electron chi connectivity index (χ0n) is 18.2. The first-order valence-electron chi connectivity index (χ1n) is 11.0. The van der Waals surface area contributed by atoms with Crippen molar-refractivity contribution in [3.63, 3.8) is 0 Å². The minimum Gasteiger partial charge on any atom is -0.495 e. The van der Waals surface area contributed by atoms with Crippen LogP contribution in [0.5, 0.6) is 5.75 Å². The lowest BCUT2D eigenvalue weighted by molar-refractivity contribution is -0.114. The average Bonchev–Trinajstić information content (AvgIpc) is 2.93. The molecule has 1 aliphatic carbocycles. The molecule has 160 valence electrons. The largest absolute Gasteiger partial charge is 0.495 e. The Morgan fingerprint density at radius 1 is 1.17 bits per heavy atom. The molecule has 0 bridgehead atoms. The van der Waals surface area contributed by atoms with E-state index in [2.05, 4.69) is 20.5 Å². The molecule has 0 aromatic heterocycles. The summed E-state index contributed by atoms with van der Waals surface area (Å²) in [6.45, 7) is 4.35. The van der Waals surface area contributed by atoms with Crippen molar-refractivity contribution in [3.8, 4) is 5.75 Å². The maximum absolute atomic E-state index is 11.5. The van der Waals surface area contributed by atoms with E-state index in [9.17, 15) is 4.79 Å². The van der Waals surface area contributed by atoms with Gasteiger partial charge in [0.2, 0.25) is 5.91 Å². The summed E-state index contributed by atoms with van der Waals surface area (Å²) < 4.78 is 5.35. The van der Waals surface area contributed by atoms with Gasteiger partial charge in [0.25, 0.3) is 0 Å².